The molecule has 0 amide bonds. The number of piperidine rings is 1. The topological polar surface area (TPSA) is 38.5 Å². The molecular formula is C16H18N2O2. The van der Waals surface area contributed by atoms with Crippen LogP contribution in [-0.2, 0) is 6.54 Å². The summed E-state index contributed by atoms with van der Waals surface area (Å²) in [6.45, 7) is 2.08. The highest BCUT2D eigenvalue weighted by Gasteiger charge is 2.48. The quantitative estimate of drug-likeness (QED) is 0.856. The highest BCUT2D eigenvalue weighted by molar-refractivity contribution is 5.14. The van der Waals surface area contributed by atoms with E-state index in [1.165, 1.54) is 18.4 Å². The monoisotopic (exact) mass is 270 g/mol. The molecule has 1 saturated heterocycles. The summed E-state index contributed by atoms with van der Waals surface area (Å²) >= 11 is 0. The zero-order valence-electron chi connectivity index (χ0n) is 11.3. The fraction of sp³-hybridized carbons (Fsp3) is 0.438. The minimum Gasteiger partial charge on any atom is -0.472 e. The van der Waals surface area contributed by atoms with Crippen LogP contribution in [0.2, 0.25) is 0 Å². The summed E-state index contributed by atoms with van der Waals surface area (Å²) in [6, 6.07) is 8.39. The molecule has 2 bridgehead atoms. The van der Waals surface area contributed by atoms with Crippen molar-refractivity contribution in [2.24, 2.45) is 5.92 Å². The van der Waals surface area contributed by atoms with Crippen LogP contribution in [0, 0.1) is 5.92 Å². The number of nitrogens with zero attached hydrogens (tertiary/aromatic N) is 2. The fourth-order valence-corrected chi connectivity index (χ4v) is 3.58. The maximum atomic E-state index is 6.14. The molecule has 3 atom stereocenters. The predicted octanol–water partition coefficient (Wildman–Crippen LogP) is 2.72. The van der Waals surface area contributed by atoms with Crippen molar-refractivity contribution in [3.05, 3.63) is 48.6 Å². The van der Waals surface area contributed by atoms with Gasteiger partial charge in [0.2, 0.25) is 5.88 Å². The van der Waals surface area contributed by atoms with Crippen LogP contribution in [0.3, 0.4) is 0 Å². The Bertz CT molecular complexity index is 555. The Morgan fingerprint density at radius 2 is 2.30 bits per heavy atom. The molecule has 0 N–H and O–H groups in total. The molecule has 4 heteroatoms. The summed E-state index contributed by atoms with van der Waals surface area (Å²) in [5, 5.41) is 0. The number of aromatic nitrogens is 1. The van der Waals surface area contributed by atoms with Crippen LogP contribution in [0.4, 0.5) is 0 Å². The second kappa shape index (κ2) is 4.94. The second-order valence-corrected chi connectivity index (χ2v) is 5.72. The van der Waals surface area contributed by atoms with Crippen LogP contribution in [0.5, 0.6) is 5.88 Å². The third-order valence-electron chi connectivity index (χ3n) is 4.48. The molecule has 0 unspecified atom stereocenters. The summed E-state index contributed by atoms with van der Waals surface area (Å²) < 4.78 is 11.3. The Morgan fingerprint density at radius 3 is 3.10 bits per heavy atom. The Labute approximate surface area is 118 Å². The van der Waals surface area contributed by atoms with E-state index in [1.54, 1.807) is 12.5 Å². The lowest BCUT2D eigenvalue weighted by atomic mass is 10.1. The molecule has 1 aliphatic carbocycles. The first-order valence-electron chi connectivity index (χ1n) is 7.23. The maximum absolute atomic E-state index is 6.14. The number of fused-ring (bicyclic) bond motifs is 2. The molecule has 4 rings (SSSR count). The van der Waals surface area contributed by atoms with Gasteiger partial charge in [-0.05, 0) is 25.0 Å². The predicted molar refractivity (Wildman–Crippen MR) is 74.3 cm³/mol. The minimum atomic E-state index is 0.289. The lowest BCUT2D eigenvalue weighted by Crippen LogP contribution is -2.35. The van der Waals surface area contributed by atoms with Crippen molar-refractivity contribution in [1.82, 2.24) is 9.88 Å². The normalized spacial score (nSPS) is 28.9. The van der Waals surface area contributed by atoms with Crippen molar-refractivity contribution in [3.8, 4) is 5.88 Å². The van der Waals surface area contributed by atoms with Gasteiger partial charge in [0.25, 0.3) is 0 Å². The lowest BCUT2D eigenvalue weighted by Gasteiger charge is -2.26. The highest BCUT2D eigenvalue weighted by atomic mass is 16.5. The van der Waals surface area contributed by atoms with E-state index in [0.717, 1.165) is 19.0 Å². The van der Waals surface area contributed by atoms with Gasteiger partial charge in [-0.1, -0.05) is 6.07 Å². The molecule has 104 valence electrons. The fourth-order valence-electron chi connectivity index (χ4n) is 3.58. The first-order valence-corrected chi connectivity index (χ1v) is 7.23. The number of likely N-dealkylation sites (tertiary alicyclic amines) is 1. The third-order valence-corrected chi connectivity index (χ3v) is 4.48. The van der Waals surface area contributed by atoms with Gasteiger partial charge < -0.3 is 9.15 Å². The summed E-state index contributed by atoms with van der Waals surface area (Å²) in [6.07, 6.45) is 8.14. The Morgan fingerprint density at radius 1 is 1.30 bits per heavy atom. The SMILES string of the molecule is c1ccc(O[C@H]2[C@H]3CC[C@H]2N(Cc2ccoc2)C3)nc1. The highest BCUT2D eigenvalue weighted by Crippen LogP contribution is 2.40. The van der Waals surface area contributed by atoms with Gasteiger partial charge in [0, 0.05) is 42.9 Å². The van der Waals surface area contributed by atoms with Gasteiger partial charge >= 0.3 is 0 Å². The van der Waals surface area contributed by atoms with Gasteiger partial charge in [-0.2, -0.15) is 0 Å². The molecule has 2 aromatic rings. The first-order chi connectivity index (χ1) is 9.90. The van der Waals surface area contributed by atoms with Crippen molar-refractivity contribution in [2.75, 3.05) is 6.54 Å². The first kappa shape index (κ1) is 12.0. The summed E-state index contributed by atoms with van der Waals surface area (Å²) in [5.74, 6) is 1.38. The number of hydrogen-bond donors (Lipinski definition) is 0. The van der Waals surface area contributed by atoms with Gasteiger partial charge in [-0.3, -0.25) is 4.90 Å². The molecule has 2 aliphatic rings. The third kappa shape index (κ3) is 2.10. The van der Waals surface area contributed by atoms with Crippen LogP contribution in [0.1, 0.15) is 18.4 Å². The van der Waals surface area contributed by atoms with Crippen LogP contribution in [0.15, 0.2) is 47.4 Å². The minimum absolute atomic E-state index is 0.289. The summed E-state index contributed by atoms with van der Waals surface area (Å²) in [7, 11) is 0. The standard InChI is InChI=1S/C16H18N2O2/c1-2-7-17-15(3-1)20-16-13-4-5-14(16)18(10-13)9-12-6-8-19-11-12/h1-3,6-8,11,13-14,16H,4-5,9-10H2/t13-,14+,16-/m0/s1. The van der Waals surface area contributed by atoms with Crippen molar-refractivity contribution in [2.45, 2.75) is 31.5 Å². The molecule has 0 aromatic carbocycles. The van der Waals surface area contributed by atoms with E-state index >= 15 is 0 Å². The largest absolute Gasteiger partial charge is 0.472 e. The van der Waals surface area contributed by atoms with Gasteiger partial charge in [0.15, 0.2) is 0 Å². The van der Waals surface area contributed by atoms with E-state index in [1.807, 2.05) is 30.5 Å². The lowest BCUT2D eigenvalue weighted by molar-refractivity contribution is 0.136. The van der Waals surface area contributed by atoms with Gasteiger partial charge in [0.05, 0.1) is 12.5 Å². The van der Waals surface area contributed by atoms with Crippen molar-refractivity contribution in [3.63, 3.8) is 0 Å². The van der Waals surface area contributed by atoms with E-state index in [-0.39, 0.29) is 6.10 Å². The summed E-state index contributed by atoms with van der Waals surface area (Å²) in [4.78, 5) is 6.80. The number of rotatable bonds is 4. The van der Waals surface area contributed by atoms with Crippen molar-refractivity contribution >= 4 is 0 Å². The van der Waals surface area contributed by atoms with Crippen LogP contribution >= 0.6 is 0 Å². The zero-order chi connectivity index (χ0) is 13.4. The smallest absolute Gasteiger partial charge is 0.213 e. The Balaban J connectivity index is 1.47. The number of pyridine rings is 1. The number of furan rings is 1. The summed E-state index contributed by atoms with van der Waals surface area (Å²) in [5.41, 5.74) is 1.24. The van der Waals surface area contributed by atoms with E-state index in [9.17, 15) is 0 Å². The second-order valence-electron chi connectivity index (χ2n) is 5.72. The molecule has 1 aliphatic heterocycles. The zero-order valence-corrected chi connectivity index (χ0v) is 11.3. The van der Waals surface area contributed by atoms with Crippen molar-refractivity contribution in [1.29, 1.82) is 0 Å². The van der Waals surface area contributed by atoms with Crippen molar-refractivity contribution < 1.29 is 9.15 Å². The molecule has 4 nitrogen and oxygen atoms in total. The van der Waals surface area contributed by atoms with Gasteiger partial charge in [-0.15, -0.1) is 0 Å². The van der Waals surface area contributed by atoms with Crippen LogP contribution in [0.25, 0.3) is 0 Å². The Hall–Kier alpha value is -1.81. The molecule has 0 spiro atoms. The molecule has 0 radical (unpaired) electrons. The molecule has 2 fully saturated rings. The van der Waals surface area contributed by atoms with Crippen LogP contribution < -0.4 is 4.74 Å². The van der Waals surface area contributed by atoms with E-state index in [2.05, 4.69) is 9.88 Å². The van der Waals surface area contributed by atoms with Gasteiger partial charge in [-0.25, -0.2) is 4.98 Å². The maximum Gasteiger partial charge on any atom is 0.213 e. The average molecular weight is 270 g/mol. The molecule has 2 aromatic heterocycles. The molecular weight excluding hydrogens is 252 g/mol. The van der Waals surface area contributed by atoms with Gasteiger partial charge in [0.1, 0.15) is 6.10 Å². The Kier molecular flexibility index (Phi) is 2.96. The molecule has 1 saturated carbocycles. The molecule has 3 heterocycles. The average Bonchev–Trinajstić information content (AvgIpc) is 3.18. The van der Waals surface area contributed by atoms with E-state index in [4.69, 9.17) is 9.15 Å². The molecule has 20 heavy (non-hydrogen) atoms. The number of ether oxygens (including phenoxy) is 1. The van der Waals surface area contributed by atoms with E-state index < -0.39 is 0 Å². The van der Waals surface area contributed by atoms with Crippen LogP contribution in [-0.4, -0.2) is 28.6 Å². The van der Waals surface area contributed by atoms with E-state index in [0.29, 0.717) is 12.0 Å². The number of hydrogen-bond acceptors (Lipinski definition) is 4.